The number of carbonyl (C=O) groups excluding carboxylic acids is 2. The maximum absolute atomic E-state index is 12.1. The van der Waals surface area contributed by atoms with Crippen molar-refractivity contribution >= 4 is 11.9 Å². The first-order chi connectivity index (χ1) is 16.1. The van der Waals surface area contributed by atoms with Gasteiger partial charge in [0.1, 0.15) is 24.1 Å². The molecule has 1 saturated heterocycles. The Bertz CT molecular complexity index is 959. The summed E-state index contributed by atoms with van der Waals surface area (Å²) in [4.78, 5) is 23.5. The summed E-state index contributed by atoms with van der Waals surface area (Å²) in [5, 5.41) is 13.7. The number of benzene rings is 2. The lowest BCUT2D eigenvalue weighted by atomic mass is 9.93. The SMILES string of the molecule is CC(=O)OC(C)(C)[C@@H]1CC[C@@](C)([C@@H](O)COc2ccc(CCNC(=O)c3ccccc3)cc2)O1. The van der Waals surface area contributed by atoms with E-state index in [-0.39, 0.29) is 24.6 Å². The quantitative estimate of drug-likeness (QED) is 0.516. The summed E-state index contributed by atoms with van der Waals surface area (Å²) in [5.74, 6) is 0.207. The summed E-state index contributed by atoms with van der Waals surface area (Å²) in [6.45, 7) is 7.50. The van der Waals surface area contributed by atoms with Gasteiger partial charge in [0.05, 0.1) is 11.7 Å². The third-order valence-electron chi connectivity index (χ3n) is 6.27. The molecule has 2 N–H and O–H groups in total. The Kier molecular flexibility index (Phi) is 8.33. The van der Waals surface area contributed by atoms with Crippen molar-refractivity contribution in [2.24, 2.45) is 0 Å². The molecule has 0 bridgehead atoms. The molecule has 7 nitrogen and oxygen atoms in total. The normalized spacial score (nSPS) is 21.0. The van der Waals surface area contributed by atoms with E-state index in [1.165, 1.54) is 6.92 Å². The van der Waals surface area contributed by atoms with Crippen LogP contribution in [0.1, 0.15) is 56.5 Å². The maximum atomic E-state index is 12.1. The summed E-state index contributed by atoms with van der Waals surface area (Å²) in [5.41, 5.74) is 0.174. The molecule has 1 aliphatic rings. The first-order valence-electron chi connectivity index (χ1n) is 11.7. The zero-order chi connectivity index (χ0) is 24.8. The standard InChI is InChI=1S/C27H35NO6/c1-19(29)33-26(2,3)24-14-16-27(4,34-24)23(30)18-32-22-12-10-20(11-13-22)15-17-28-25(31)21-8-6-5-7-9-21/h5-13,23-24,30H,14-18H2,1-4H3,(H,28,31)/t23-,24-,27-/m0/s1. The van der Waals surface area contributed by atoms with Crippen molar-refractivity contribution in [3.05, 3.63) is 65.7 Å². The smallest absolute Gasteiger partial charge is 0.303 e. The molecule has 2 aromatic carbocycles. The summed E-state index contributed by atoms with van der Waals surface area (Å²) in [7, 11) is 0. The highest BCUT2D eigenvalue weighted by atomic mass is 16.6. The van der Waals surface area contributed by atoms with Crippen LogP contribution in [0.3, 0.4) is 0 Å². The van der Waals surface area contributed by atoms with Gasteiger partial charge in [0.15, 0.2) is 0 Å². The average molecular weight is 470 g/mol. The van der Waals surface area contributed by atoms with Crippen LogP contribution in [0.15, 0.2) is 54.6 Å². The third kappa shape index (κ3) is 6.81. The molecule has 1 amide bonds. The van der Waals surface area contributed by atoms with E-state index in [1.807, 2.05) is 63.2 Å². The number of aliphatic hydroxyl groups is 1. The molecule has 1 fully saturated rings. The molecule has 1 heterocycles. The molecule has 1 aliphatic heterocycles. The molecule has 0 radical (unpaired) electrons. The van der Waals surface area contributed by atoms with Crippen molar-refractivity contribution in [2.75, 3.05) is 13.2 Å². The number of hydrogen-bond acceptors (Lipinski definition) is 6. The molecule has 0 unspecified atom stereocenters. The highest BCUT2D eigenvalue weighted by Crippen LogP contribution is 2.39. The van der Waals surface area contributed by atoms with Crippen LogP contribution in [-0.2, 0) is 20.7 Å². The molecule has 184 valence electrons. The molecule has 0 aromatic heterocycles. The Hall–Kier alpha value is -2.90. The lowest BCUT2D eigenvalue weighted by Crippen LogP contribution is -2.47. The minimum Gasteiger partial charge on any atom is -0.491 e. The first-order valence-corrected chi connectivity index (χ1v) is 11.7. The van der Waals surface area contributed by atoms with E-state index in [4.69, 9.17) is 14.2 Å². The Labute approximate surface area is 201 Å². The van der Waals surface area contributed by atoms with Crippen molar-refractivity contribution in [2.45, 2.75) is 70.4 Å². The van der Waals surface area contributed by atoms with Gasteiger partial charge in [-0.25, -0.2) is 0 Å². The molecule has 3 atom stereocenters. The number of hydrogen-bond donors (Lipinski definition) is 2. The topological polar surface area (TPSA) is 94.1 Å². The van der Waals surface area contributed by atoms with Crippen molar-refractivity contribution < 1.29 is 28.9 Å². The molecule has 7 heteroatoms. The highest BCUT2D eigenvalue weighted by molar-refractivity contribution is 5.94. The van der Waals surface area contributed by atoms with Gasteiger partial charge < -0.3 is 24.6 Å². The van der Waals surface area contributed by atoms with E-state index in [2.05, 4.69) is 5.32 Å². The fourth-order valence-electron chi connectivity index (χ4n) is 4.15. The fourth-order valence-corrected chi connectivity index (χ4v) is 4.15. The van der Waals surface area contributed by atoms with Crippen LogP contribution < -0.4 is 10.1 Å². The maximum Gasteiger partial charge on any atom is 0.303 e. The number of carbonyl (C=O) groups is 2. The number of aliphatic hydroxyl groups excluding tert-OH is 1. The van der Waals surface area contributed by atoms with Crippen LogP contribution in [-0.4, -0.2) is 53.5 Å². The second-order valence-corrected chi connectivity index (χ2v) is 9.50. The Morgan fingerprint density at radius 1 is 1.18 bits per heavy atom. The molecular formula is C27H35NO6. The first kappa shape index (κ1) is 25.7. The average Bonchev–Trinajstić information content (AvgIpc) is 3.22. The van der Waals surface area contributed by atoms with E-state index in [9.17, 15) is 14.7 Å². The summed E-state index contributed by atoms with van der Waals surface area (Å²) < 4.78 is 17.3. The van der Waals surface area contributed by atoms with Gasteiger partial charge in [-0.3, -0.25) is 9.59 Å². The zero-order valence-corrected chi connectivity index (χ0v) is 20.4. The van der Waals surface area contributed by atoms with Crippen LogP contribution in [0.5, 0.6) is 5.75 Å². The minimum atomic E-state index is -0.835. The molecule has 34 heavy (non-hydrogen) atoms. The Balaban J connectivity index is 1.44. The molecule has 3 rings (SSSR count). The van der Waals surface area contributed by atoms with Crippen molar-refractivity contribution in [3.63, 3.8) is 0 Å². The fraction of sp³-hybridized carbons (Fsp3) is 0.481. The third-order valence-corrected chi connectivity index (χ3v) is 6.27. The number of amides is 1. The Morgan fingerprint density at radius 3 is 2.50 bits per heavy atom. The van der Waals surface area contributed by atoms with Gasteiger partial charge in [-0.1, -0.05) is 30.3 Å². The highest BCUT2D eigenvalue weighted by Gasteiger charge is 2.48. The number of esters is 1. The molecule has 0 saturated carbocycles. The largest absolute Gasteiger partial charge is 0.491 e. The summed E-state index contributed by atoms with van der Waals surface area (Å²) in [6, 6.07) is 16.7. The van der Waals surface area contributed by atoms with Crippen LogP contribution >= 0.6 is 0 Å². The zero-order valence-electron chi connectivity index (χ0n) is 20.4. The Morgan fingerprint density at radius 2 is 1.85 bits per heavy atom. The van der Waals surface area contributed by atoms with Crippen molar-refractivity contribution in [3.8, 4) is 5.75 Å². The number of ether oxygens (including phenoxy) is 3. The second kappa shape index (κ2) is 11.0. The summed E-state index contributed by atoms with van der Waals surface area (Å²) >= 11 is 0. The minimum absolute atomic E-state index is 0.0870. The molecular weight excluding hydrogens is 434 g/mol. The molecule has 2 aromatic rings. The van der Waals surface area contributed by atoms with Crippen LogP contribution in [0.2, 0.25) is 0 Å². The van der Waals surface area contributed by atoms with E-state index in [0.717, 1.165) is 5.56 Å². The van der Waals surface area contributed by atoms with Crippen molar-refractivity contribution in [1.29, 1.82) is 0 Å². The van der Waals surface area contributed by atoms with Crippen LogP contribution in [0.4, 0.5) is 0 Å². The van der Waals surface area contributed by atoms with E-state index in [1.54, 1.807) is 12.1 Å². The number of rotatable bonds is 10. The molecule has 0 spiro atoms. The monoisotopic (exact) mass is 469 g/mol. The van der Waals surface area contributed by atoms with Crippen LogP contribution in [0.25, 0.3) is 0 Å². The predicted molar refractivity (Wildman–Crippen MR) is 129 cm³/mol. The van der Waals surface area contributed by atoms with E-state index < -0.39 is 17.3 Å². The van der Waals surface area contributed by atoms with Gasteiger partial charge in [-0.05, 0) is 69.9 Å². The lowest BCUT2D eigenvalue weighted by molar-refractivity contribution is -0.185. The van der Waals surface area contributed by atoms with Gasteiger partial charge in [0, 0.05) is 19.0 Å². The number of nitrogens with one attached hydrogen (secondary N) is 1. The van der Waals surface area contributed by atoms with Gasteiger partial charge in [-0.2, -0.15) is 0 Å². The second-order valence-electron chi connectivity index (χ2n) is 9.50. The van der Waals surface area contributed by atoms with E-state index in [0.29, 0.717) is 37.1 Å². The van der Waals surface area contributed by atoms with Crippen molar-refractivity contribution in [1.82, 2.24) is 5.32 Å². The lowest BCUT2D eigenvalue weighted by Gasteiger charge is -2.35. The van der Waals surface area contributed by atoms with Gasteiger partial charge >= 0.3 is 5.97 Å². The van der Waals surface area contributed by atoms with Gasteiger partial charge in [0.25, 0.3) is 5.91 Å². The van der Waals surface area contributed by atoms with Crippen LogP contribution in [0, 0.1) is 0 Å². The predicted octanol–water partition coefficient (Wildman–Crippen LogP) is 3.68. The van der Waals surface area contributed by atoms with E-state index >= 15 is 0 Å². The van der Waals surface area contributed by atoms with Gasteiger partial charge in [0.2, 0.25) is 0 Å². The summed E-state index contributed by atoms with van der Waals surface area (Å²) in [6.07, 6.45) is 0.896. The molecule has 0 aliphatic carbocycles. The van der Waals surface area contributed by atoms with Gasteiger partial charge in [-0.15, -0.1) is 0 Å².